The van der Waals surface area contributed by atoms with E-state index in [-0.39, 0.29) is 11.5 Å². The van der Waals surface area contributed by atoms with Crippen molar-refractivity contribution < 1.29 is 4.79 Å². The van der Waals surface area contributed by atoms with Crippen molar-refractivity contribution in [2.75, 3.05) is 6.54 Å². The van der Waals surface area contributed by atoms with Crippen LogP contribution < -0.4 is 10.9 Å². The number of fused-ring (bicyclic) bond motifs is 1. The van der Waals surface area contributed by atoms with Crippen LogP contribution in [0.15, 0.2) is 53.3 Å². The molecule has 0 saturated carbocycles. The zero-order valence-corrected chi connectivity index (χ0v) is 14.4. The second kappa shape index (κ2) is 7.30. The molecule has 5 nitrogen and oxygen atoms in total. The lowest BCUT2D eigenvalue weighted by molar-refractivity contribution is 0.0954. The molecule has 1 amide bonds. The quantitative estimate of drug-likeness (QED) is 0.752. The Hall–Kier alpha value is -2.95. The maximum Gasteiger partial charge on any atom is 0.258 e. The van der Waals surface area contributed by atoms with E-state index < -0.39 is 0 Å². The van der Waals surface area contributed by atoms with E-state index in [0.29, 0.717) is 41.2 Å². The van der Waals surface area contributed by atoms with Gasteiger partial charge in [-0.3, -0.25) is 9.59 Å². The van der Waals surface area contributed by atoms with E-state index in [0.717, 1.165) is 0 Å². The van der Waals surface area contributed by atoms with Gasteiger partial charge in [-0.15, -0.1) is 0 Å². The van der Waals surface area contributed by atoms with Gasteiger partial charge in [0.15, 0.2) is 0 Å². The molecule has 0 bridgehead atoms. The van der Waals surface area contributed by atoms with Crippen LogP contribution >= 0.6 is 0 Å². The third kappa shape index (κ3) is 3.94. The SMILES string of the molecule is CC(C)c1ccc(C(=O)NCCc2nc3ccccc3c(=O)[nH]2)cc1. The zero-order valence-electron chi connectivity index (χ0n) is 14.4. The van der Waals surface area contributed by atoms with Crippen LogP contribution in [0.2, 0.25) is 0 Å². The molecule has 0 radical (unpaired) electrons. The van der Waals surface area contributed by atoms with Gasteiger partial charge in [0, 0.05) is 18.5 Å². The van der Waals surface area contributed by atoms with Crippen LogP contribution in [-0.4, -0.2) is 22.4 Å². The third-order valence-electron chi connectivity index (χ3n) is 4.15. The van der Waals surface area contributed by atoms with Crippen LogP contribution in [0, 0.1) is 0 Å². The first-order chi connectivity index (χ1) is 12.0. The van der Waals surface area contributed by atoms with Gasteiger partial charge < -0.3 is 10.3 Å². The highest BCUT2D eigenvalue weighted by atomic mass is 16.1. The summed E-state index contributed by atoms with van der Waals surface area (Å²) in [5.74, 6) is 0.880. The molecule has 0 aliphatic carbocycles. The maximum atomic E-state index is 12.2. The number of para-hydroxylation sites is 1. The second-order valence-corrected chi connectivity index (χ2v) is 6.31. The molecule has 0 spiro atoms. The first-order valence-electron chi connectivity index (χ1n) is 8.40. The minimum absolute atomic E-state index is 0.126. The van der Waals surface area contributed by atoms with E-state index in [4.69, 9.17) is 0 Å². The first-order valence-corrected chi connectivity index (χ1v) is 8.40. The summed E-state index contributed by atoms with van der Waals surface area (Å²) in [5, 5.41) is 3.43. The molecular formula is C20H21N3O2. The number of aromatic amines is 1. The average molecular weight is 335 g/mol. The van der Waals surface area contributed by atoms with Crippen molar-refractivity contribution in [2.24, 2.45) is 0 Å². The number of rotatable bonds is 5. The predicted octanol–water partition coefficient (Wildman–Crippen LogP) is 3.02. The lowest BCUT2D eigenvalue weighted by atomic mass is 10.0. The van der Waals surface area contributed by atoms with E-state index in [1.165, 1.54) is 5.56 Å². The number of carbonyl (C=O) groups is 1. The lowest BCUT2D eigenvalue weighted by Gasteiger charge is -2.08. The molecule has 128 valence electrons. The summed E-state index contributed by atoms with van der Waals surface area (Å²) in [6, 6.07) is 14.8. The number of amides is 1. The molecule has 3 aromatic rings. The Labute approximate surface area is 146 Å². The van der Waals surface area contributed by atoms with E-state index in [1.54, 1.807) is 6.07 Å². The molecule has 5 heteroatoms. The summed E-state index contributed by atoms with van der Waals surface area (Å²) in [7, 11) is 0. The lowest BCUT2D eigenvalue weighted by Crippen LogP contribution is -2.26. The van der Waals surface area contributed by atoms with Crippen molar-refractivity contribution in [3.63, 3.8) is 0 Å². The van der Waals surface area contributed by atoms with Crippen LogP contribution in [-0.2, 0) is 6.42 Å². The number of benzene rings is 2. The minimum Gasteiger partial charge on any atom is -0.352 e. The fourth-order valence-corrected chi connectivity index (χ4v) is 2.67. The van der Waals surface area contributed by atoms with E-state index in [2.05, 4.69) is 29.1 Å². The van der Waals surface area contributed by atoms with Crippen LogP contribution in [0.1, 0.15) is 41.5 Å². The first kappa shape index (κ1) is 16.9. The van der Waals surface area contributed by atoms with Crippen LogP contribution in [0.25, 0.3) is 10.9 Å². The summed E-state index contributed by atoms with van der Waals surface area (Å²) in [4.78, 5) is 31.4. The van der Waals surface area contributed by atoms with E-state index in [1.807, 2.05) is 42.5 Å². The largest absolute Gasteiger partial charge is 0.352 e. The topological polar surface area (TPSA) is 74.8 Å². The monoisotopic (exact) mass is 335 g/mol. The molecule has 2 N–H and O–H groups in total. The Kier molecular flexibility index (Phi) is 4.93. The van der Waals surface area contributed by atoms with E-state index in [9.17, 15) is 9.59 Å². The van der Waals surface area contributed by atoms with Gasteiger partial charge in [0.1, 0.15) is 5.82 Å². The fraction of sp³-hybridized carbons (Fsp3) is 0.250. The smallest absolute Gasteiger partial charge is 0.258 e. The van der Waals surface area contributed by atoms with Crippen molar-refractivity contribution >= 4 is 16.8 Å². The Bertz CT molecular complexity index is 943. The molecule has 0 fully saturated rings. The highest BCUT2D eigenvalue weighted by Gasteiger charge is 2.07. The van der Waals surface area contributed by atoms with Crippen molar-refractivity contribution in [3.8, 4) is 0 Å². The standard InChI is InChI=1S/C20H21N3O2/c1-13(2)14-7-9-15(10-8-14)19(24)21-12-11-18-22-17-6-4-3-5-16(17)20(25)23-18/h3-10,13H,11-12H2,1-2H3,(H,21,24)(H,22,23,25). The van der Waals surface area contributed by atoms with Crippen molar-refractivity contribution in [1.82, 2.24) is 15.3 Å². The highest BCUT2D eigenvalue weighted by molar-refractivity contribution is 5.94. The van der Waals surface area contributed by atoms with Crippen molar-refractivity contribution in [3.05, 3.63) is 75.8 Å². The summed E-state index contributed by atoms with van der Waals surface area (Å²) in [6.45, 7) is 4.64. The van der Waals surface area contributed by atoms with Crippen molar-refractivity contribution in [2.45, 2.75) is 26.2 Å². The van der Waals surface area contributed by atoms with E-state index >= 15 is 0 Å². The van der Waals surface area contributed by atoms with Gasteiger partial charge in [-0.1, -0.05) is 38.1 Å². The summed E-state index contributed by atoms with van der Waals surface area (Å²) in [5.41, 5.74) is 2.34. The van der Waals surface area contributed by atoms with Crippen LogP contribution in [0.4, 0.5) is 0 Å². The fourth-order valence-electron chi connectivity index (χ4n) is 2.67. The van der Waals surface area contributed by atoms with Crippen LogP contribution in [0.3, 0.4) is 0 Å². The maximum absolute atomic E-state index is 12.2. The summed E-state index contributed by atoms with van der Waals surface area (Å²) < 4.78 is 0. The number of H-pyrrole nitrogens is 1. The number of carbonyl (C=O) groups excluding carboxylic acids is 1. The number of aromatic nitrogens is 2. The molecule has 1 heterocycles. The van der Waals surface area contributed by atoms with Gasteiger partial charge >= 0.3 is 0 Å². The van der Waals surface area contributed by atoms with Crippen LogP contribution in [0.5, 0.6) is 0 Å². The number of nitrogens with zero attached hydrogens (tertiary/aromatic N) is 1. The number of hydrogen-bond acceptors (Lipinski definition) is 3. The third-order valence-corrected chi connectivity index (χ3v) is 4.15. The number of nitrogens with one attached hydrogen (secondary N) is 2. The zero-order chi connectivity index (χ0) is 17.8. The Morgan fingerprint density at radius 1 is 1.12 bits per heavy atom. The van der Waals surface area contributed by atoms with Gasteiger partial charge in [0.2, 0.25) is 0 Å². The molecule has 0 unspecified atom stereocenters. The van der Waals surface area contributed by atoms with Gasteiger partial charge in [-0.05, 0) is 35.7 Å². The average Bonchev–Trinajstić information content (AvgIpc) is 2.62. The molecule has 25 heavy (non-hydrogen) atoms. The van der Waals surface area contributed by atoms with Crippen molar-refractivity contribution in [1.29, 1.82) is 0 Å². The molecule has 1 aromatic heterocycles. The Balaban J connectivity index is 1.62. The number of hydrogen-bond donors (Lipinski definition) is 2. The summed E-state index contributed by atoms with van der Waals surface area (Å²) in [6.07, 6.45) is 0.468. The molecule has 0 aliphatic rings. The minimum atomic E-state index is -0.156. The normalized spacial score (nSPS) is 11.0. The molecule has 0 atom stereocenters. The molecule has 3 rings (SSSR count). The van der Waals surface area contributed by atoms with Gasteiger partial charge in [0.05, 0.1) is 10.9 Å². The predicted molar refractivity (Wildman–Crippen MR) is 98.9 cm³/mol. The van der Waals surface area contributed by atoms with Gasteiger partial charge in [-0.2, -0.15) is 0 Å². The summed E-state index contributed by atoms with van der Waals surface area (Å²) >= 11 is 0. The van der Waals surface area contributed by atoms with Gasteiger partial charge in [0.25, 0.3) is 11.5 Å². The van der Waals surface area contributed by atoms with Gasteiger partial charge in [-0.25, -0.2) is 4.98 Å². The highest BCUT2D eigenvalue weighted by Crippen LogP contribution is 2.14. The molecular weight excluding hydrogens is 314 g/mol. The Morgan fingerprint density at radius 3 is 2.56 bits per heavy atom. The molecule has 2 aromatic carbocycles. The Morgan fingerprint density at radius 2 is 1.84 bits per heavy atom. The molecule has 0 saturated heterocycles. The molecule has 0 aliphatic heterocycles. The second-order valence-electron chi connectivity index (χ2n) is 6.31.